The summed E-state index contributed by atoms with van der Waals surface area (Å²) in [5.41, 5.74) is 1.36. The van der Waals surface area contributed by atoms with Crippen molar-refractivity contribution in [1.82, 2.24) is 5.32 Å². The van der Waals surface area contributed by atoms with Gasteiger partial charge in [0, 0.05) is 18.0 Å². The van der Waals surface area contributed by atoms with Crippen molar-refractivity contribution in [2.45, 2.75) is 59.4 Å². The Labute approximate surface area is 106 Å². The molecule has 1 aromatic heterocycles. The summed E-state index contributed by atoms with van der Waals surface area (Å²) in [5.74, 6) is 1.89. The second kappa shape index (κ2) is 7.54. The second-order valence-electron chi connectivity index (χ2n) is 4.91. The predicted molar refractivity (Wildman–Crippen MR) is 73.2 cm³/mol. The number of furan rings is 1. The summed E-state index contributed by atoms with van der Waals surface area (Å²) >= 11 is 0. The Morgan fingerprint density at radius 3 is 2.65 bits per heavy atom. The molecule has 0 amide bonds. The van der Waals surface area contributed by atoms with Gasteiger partial charge >= 0.3 is 0 Å². The van der Waals surface area contributed by atoms with Crippen LogP contribution in [-0.4, -0.2) is 6.54 Å². The van der Waals surface area contributed by atoms with Crippen molar-refractivity contribution in [2.24, 2.45) is 5.92 Å². The molecular formula is C15H27NO. The van der Waals surface area contributed by atoms with E-state index in [2.05, 4.69) is 39.1 Å². The Bertz CT molecular complexity index is 306. The largest absolute Gasteiger partial charge is 0.469 e. The molecule has 0 saturated carbocycles. The third kappa shape index (κ3) is 4.19. The fourth-order valence-corrected chi connectivity index (χ4v) is 2.16. The summed E-state index contributed by atoms with van der Waals surface area (Å²) in [7, 11) is 0. The highest BCUT2D eigenvalue weighted by Crippen LogP contribution is 2.27. The van der Waals surface area contributed by atoms with Gasteiger partial charge in [-0.15, -0.1) is 0 Å². The Morgan fingerprint density at radius 1 is 1.29 bits per heavy atom. The number of nitrogens with one attached hydrogen (secondary N) is 1. The summed E-state index contributed by atoms with van der Waals surface area (Å²) in [6.07, 6.45) is 6.42. The van der Waals surface area contributed by atoms with E-state index in [9.17, 15) is 0 Å². The molecule has 0 aliphatic heterocycles. The van der Waals surface area contributed by atoms with Crippen LogP contribution in [0, 0.1) is 5.92 Å². The van der Waals surface area contributed by atoms with Crippen LogP contribution in [0.15, 0.2) is 16.7 Å². The molecule has 0 spiro atoms. The molecule has 2 heteroatoms. The molecular weight excluding hydrogens is 210 g/mol. The van der Waals surface area contributed by atoms with E-state index in [4.69, 9.17) is 4.42 Å². The van der Waals surface area contributed by atoms with Gasteiger partial charge in [-0.1, -0.05) is 34.1 Å². The van der Waals surface area contributed by atoms with E-state index < -0.39 is 0 Å². The lowest BCUT2D eigenvalue weighted by atomic mass is 9.94. The molecule has 0 fully saturated rings. The van der Waals surface area contributed by atoms with Crippen molar-refractivity contribution in [3.63, 3.8) is 0 Å². The number of hydrogen-bond donors (Lipinski definition) is 1. The zero-order valence-electron chi connectivity index (χ0n) is 11.8. The van der Waals surface area contributed by atoms with Crippen molar-refractivity contribution in [3.8, 4) is 0 Å². The van der Waals surface area contributed by atoms with Crippen LogP contribution in [0.1, 0.15) is 64.3 Å². The van der Waals surface area contributed by atoms with Crippen LogP contribution in [0.3, 0.4) is 0 Å². The quantitative estimate of drug-likeness (QED) is 0.728. The SMILES string of the molecule is CCCNC(CC(C)CC)c1ccoc1CC. The van der Waals surface area contributed by atoms with Gasteiger partial charge < -0.3 is 9.73 Å². The number of rotatable bonds is 8. The minimum atomic E-state index is 0.457. The molecule has 0 bridgehead atoms. The fraction of sp³-hybridized carbons (Fsp3) is 0.733. The zero-order chi connectivity index (χ0) is 12.7. The Morgan fingerprint density at radius 2 is 2.06 bits per heavy atom. The Hall–Kier alpha value is -0.760. The maximum absolute atomic E-state index is 5.55. The first kappa shape index (κ1) is 14.3. The third-order valence-electron chi connectivity index (χ3n) is 3.45. The first-order chi connectivity index (χ1) is 8.22. The molecule has 0 aliphatic carbocycles. The molecule has 0 aromatic carbocycles. The van der Waals surface area contributed by atoms with E-state index in [0.29, 0.717) is 6.04 Å². The Kier molecular flexibility index (Phi) is 6.35. The predicted octanol–water partition coefficient (Wildman–Crippen LogP) is 4.32. The van der Waals surface area contributed by atoms with E-state index in [0.717, 1.165) is 24.6 Å². The average Bonchev–Trinajstić information content (AvgIpc) is 2.82. The average molecular weight is 237 g/mol. The van der Waals surface area contributed by atoms with Gasteiger partial charge in [-0.25, -0.2) is 0 Å². The lowest BCUT2D eigenvalue weighted by Gasteiger charge is -2.21. The van der Waals surface area contributed by atoms with E-state index in [1.165, 1.54) is 24.8 Å². The molecule has 0 saturated heterocycles. The van der Waals surface area contributed by atoms with E-state index in [1.54, 1.807) is 0 Å². The summed E-state index contributed by atoms with van der Waals surface area (Å²) in [4.78, 5) is 0. The molecule has 17 heavy (non-hydrogen) atoms. The normalized spacial score (nSPS) is 14.8. The lowest BCUT2D eigenvalue weighted by molar-refractivity contribution is 0.394. The molecule has 0 aliphatic rings. The van der Waals surface area contributed by atoms with E-state index in [1.807, 2.05) is 6.26 Å². The van der Waals surface area contributed by atoms with Gasteiger partial charge in [0.15, 0.2) is 0 Å². The Balaban J connectivity index is 2.74. The molecule has 1 N–H and O–H groups in total. The minimum Gasteiger partial charge on any atom is -0.469 e. The van der Waals surface area contributed by atoms with Gasteiger partial charge in [0.2, 0.25) is 0 Å². The standard InChI is InChI=1S/C15H27NO/c1-5-9-16-14(11-12(4)6-2)13-8-10-17-15(13)7-3/h8,10,12,14,16H,5-7,9,11H2,1-4H3. The summed E-state index contributed by atoms with van der Waals surface area (Å²) in [6.45, 7) is 10.0. The van der Waals surface area contributed by atoms with Gasteiger partial charge in [0.1, 0.15) is 5.76 Å². The molecule has 2 atom stereocenters. The highest BCUT2D eigenvalue weighted by Gasteiger charge is 2.18. The summed E-state index contributed by atoms with van der Waals surface area (Å²) < 4.78 is 5.55. The third-order valence-corrected chi connectivity index (χ3v) is 3.45. The van der Waals surface area contributed by atoms with Gasteiger partial charge in [-0.2, -0.15) is 0 Å². The van der Waals surface area contributed by atoms with Crippen molar-refractivity contribution < 1.29 is 4.42 Å². The monoisotopic (exact) mass is 237 g/mol. The molecule has 98 valence electrons. The second-order valence-corrected chi connectivity index (χ2v) is 4.91. The summed E-state index contributed by atoms with van der Waals surface area (Å²) in [6, 6.07) is 2.59. The van der Waals surface area contributed by atoms with E-state index in [-0.39, 0.29) is 0 Å². The number of hydrogen-bond acceptors (Lipinski definition) is 2. The highest BCUT2D eigenvalue weighted by atomic mass is 16.3. The van der Waals surface area contributed by atoms with Crippen LogP contribution in [0.25, 0.3) is 0 Å². The van der Waals surface area contributed by atoms with Gasteiger partial charge in [-0.3, -0.25) is 0 Å². The van der Waals surface area contributed by atoms with Crippen molar-refractivity contribution in [1.29, 1.82) is 0 Å². The molecule has 1 rings (SSSR count). The van der Waals surface area contributed by atoms with Crippen LogP contribution in [-0.2, 0) is 6.42 Å². The van der Waals surface area contributed by atoms with Gasteiger partial charge in [-0.05, 0) is 31.4 Å². The van der Waals surface area contributed by atoms with Crippen LogP contribution in [0.5, 0.6) is 0 Å². The van der Waals surface area contributed by atoms with Crippen LogP contribution in [0.2, 0.25) is 0 Å². The molecule has 2 nitrogen and oxygen atoms in total. The van der Waals surface area contributed by atoms with Gasteiger partial charge in [0.05, 0.1) is 6.26 Å². The maximum Gasteiger partial charge on any atom is 0.108 e. The lowest BCUT2D eigenvalue weighted by Crippen LogP contribution is -2.24. The minimum absolute atomic E-state index is 0.457. The van der Waals surface area contributed by atoms with Crippen LogP contribution in [0.4, 0.5) is 0 Å². The highest BCUT2D eigenvalue weighted by molar-refractivity contribution is 5.21. The first-order valence-electron chi connectivity index (χ1n) is 7.02. The number of aryl methyl sites for hydroxylation is 1. The van der Waals surface area contributed by atoms with Gasteiger partial charge in [0.25, 0.3) is 0 Å². The molecule has 2 unspecified atom stereocenters. The summed E-state index contributed by atoms with van der Waals surface area (Å²) in [5, 5.41) is 3.65. The van der Waals surface area contributed by atoms with Crippen LogP contribution < -0.4 is 5.32 Å². The smallest absolute Gasteiger partial charge is 0.108 e. The molecule has 1 heterocycles. The van der Waals surface area contributed by atoms with Crippen molar-refractivity contribution in [3.05, 3.63) is 23.7 Å². The topological polar surface area (TPSA) is 25.2 Å². The molecule has 0 radical (unpaired) electrons. The van der Waals surface area contributed by atoms with Crippen molar-refractivity contribution in [2.75, 3.05) is 6.54 Å². The fourth-order valence-electron chi connectivity index (χ4n) is 2.16. The first-order valence-corrected chi connectivity index (χ1v) is 7.02. The van der Waals surface area contributed by atoms with Crippen molar-refractivity contribution >= 4 is 0 Å². The zero-order valence-corrected chi connectivity index (χ0v) is 11.8. The van der Waals surface area contributed by atoms with Crippen LogP contribution >= 0.6 is 0 Å². The van der Waals surface area contributed by atoms with E-state index >= 15 is 0 Å². The molecule has 1 aromatic rings. The maximum atomic E-state index is 5.55.